The van der Waals surface area contributed by atoms with E-state index in [1.165, 1.54) is 6.21 Å². The van der Waals surface area contributed by atoms with Crippen LogP contribution in [0.1, 0.15) is 19.4 Å². The molecule has 0 bridgehead atoms. The summed E-state index contributed by atoms with van der Waals surface area (Å²) in [6, 6.07) is 5.29. The van der Waals surface area contributed by atoms with Crippen LogP contribution in [0.5, 0.6) is 5.75 Å². The van der Waals surface area contributed by atoms with Gasteiger partial charge in [0.25, 0.3) is 0 Å². The standard InChI is InChI=1S/C12H17ClN4O/c1-8(2)7-18-11-4-3-10(13)5-9(11)6-16-17-12(14)15/h3-6,8H,7H2,1-2H3,(H4,14,15,17). The highest BCUT2D eigenvalue weighted by Crippen LogP contribution is 2.22. The fraction of sp³-hybridized carbons (Fsp3) is 0.333. The predicted molar refractivity (Wildman–Crippen MR) is 75.2 cm³/mol. The number of benzene rings is 1. The van der Waals surface area contributed by atoms with Crippen LogP contribution in [0.3, 0.4) is 0 Å². The summed E-state index contributed by atoms with van der Waals surface area (Å²) in [7, 11) is 0. The summed E-state index contributed by atoms with van der Waals surface area (Å²) < 4.78 is 5.65. The number of hydrogen-bond donors (Lipinski definition) is 2. The zero-order valence-corrected chi connectivity index (χ0v) is 11.2. The molecule has 0 unspecified atom stereocenters. The molecule has 0 saturated carbocycles. The topological polar surface area (TPSA) is 86.0 Å². The molecule has 0 aliphatic rings. The lowest BCUT2D eigenvalue weighted by Crippen LogP contribution is -2.21. The number of halogens is 1. The Labute approximate surface area is 111 Å². The summed E-state index contributed by atoms with van der Waals surface area (Å²) >= 11 is 5.92. The molecule has 0 atom stereocenters. The van der Waals surface area contributed by atoms with Gasteiger partial charge >= 0.3 is 0 Å². The van der Waals surface area contributed by atoms with E-state index in [-0.39, 0.29) is 5.96 Å². The van der Waals surface area contributed by atoms with Gasteiger partial charge in [0.2, 0.25) is 5.96 Å². The minimum atomic E-state index is -0.0991. The molecule has 18 heavy (non-hydrogen) atoms. The SMILES string of the molecule is CC(C)COc1ccc(Cl)cc1C=NN=C(N)N. The molecule has 0 fully saturated rings. The fourth-order valence-electron chi connectivity index (χ4n) is 1.17. The van der Waals surface area contributed by atoms with Gasteiger partial charge in [-0.2, -0.15) is 5.10 Å². The average molecular weight is 269 g/mol. The summed E-state index contributed by atoms with van der Waals surface area (Å²) in [5.74, 6) is 1.03. The molecule has 0 aliphatic carbocycles. The lowest BCUT2D eigenvalue weighted by molar-refractivity contribution is 0.271. The van der Waals surface area contributed by atoms with E-state index in [4.69, 9.17) is 27.8 Å². The lowest BCUT2D eigenvalue weighted by atomic mass is 10.2. The van der Waals surface area contributed by atoms with Crippen LogP contribution in [0.2, 0.25) is 5.02 Å². The Morgan fingerprint density at radius 3 is 2.78 bits per heavy atom. The number of guanidine groups is 1. The van der Waals surface area contributed by atoms with Gasteiger partial charge in [-0.05, 0) is 24.1 Å². The first kappa shape index (κ1) is 14.3. The lowest BCUT2D eigenvalue weighted by Gasteiger charge is -2.11. The first-order valence-electron chi connectivity index (χ1n) is 5.53. The second-order valence-corrected chi connectivity index (χ2v) is 4.59. The summed E-state index contributed by atoms with van der Waals surface area (Å²) in [5, 5.41) is 7.87. The molecule has 4 N–H and O–H groups in total. The van der Waals surface area contributed by atoms with E-state index in [2.05, 4.69) is 24.1 Å². The van der Waals surface area contributed by atoms with Gasteiger partial charge in [-0.3, -0.25) is 0 Å². The van der Waals surface area contributed by atoms with Crippen molar-refractivity contribution in [3.63, 3.8) is 0 Å². The summed E-state index contributed by atoms with van der Waals surface area (Å²) in [5.41, 5.74) is 11.1. The Hall–Kier alpha value is -1.75. The third-order valence-corrected chi connectivity index (χ3v) is 2.15. The van der Waals surface area contributed by atoms with Crippen molar-refractivity contribution in [2.75, 3.05) is 6.61 Å². The minimum Gasteiger partial charge on any atom is -0.493 e. The summed E-state index contributed by atoms with van der Waals surface area (Å²) in [4.78, 5) is 0. The smallest absolute Gasteiger partial charge is 0.211 e. The molecule has 0 aromatic heterocycles. The quantitative estimate of drug-likeness (QED) is 0.486. The van der Waals surface area contributed by atoms with Crippen LogP contribution in [0.4, 0.5) is 0 Å². The maximum atomic E-state index is 5.92. The van der Waals surface area contributed by atoms with Gasteiger partial charge in [-0.15, -0.1) is 5.10 Å². The number of hydrogen-bond acceptors (Lipinski definition) is 3. The van der Waals surface area contributed by atoms with Crippen molar-refractivity contribution in [1.82, 2.24) is 0 Å². The van der Waals surface area contributed by atoms with E-state index in [1.54, 1.807) is 18.2 Å². The number of rotatable bonds is 5. The highest BCUT2D eigenvalue weighted by molar-refractivity contribution is 6.30. The molecule has 1 aromatic carbocycles. The number of nitrogens with two attached hydrogens (primary N) is 2. The molecule has 0 heterocycles. The molecular weight excluding hydrogens is 252 g/mol. The second-order valence-electron chi connectivity index (χ2n) is 4.16. The number of ether oxygens (including phenoxy) is 1. The Morgan fingerprint density at radius 1 is 1.44 bits per heavy atom. The van der Waals surface area contributed by atoms with E-state index in [9.17, 15) is 0 Å². The molecule has 0 radical (unpaired) electrons. The zero-order valence-electron chi connectivity index (χ0n) is 10.4. The first-order chi connectivity index (χ1) is 8.49. The Morgan fingerprint density at radius 2 is 2.17 bits per heavy atom. The van der Waals surface area contributed by atoms with E-state index in [0.717, 1.165) is 5.56 Å². The zero-order chi connectivity index (χ0) is 13.5. The van der Waals surface area contributed by atoms with Crippen molar-refractivity contribution in [1.29, 1.82) is 0 Å². The average Bonchev–Trinajstić information content (AvgIpc) is 2.27. The molecule has 6 heteroatoms. The van der Waals surface area contributed by atoms with Crippen LogP contribution in [-0.2, 0) is 0 Å². The fourth-order valence-corrected chi connectivity index (χ4v) is 1.35. The maximum Gasteiger partial charge on any atom is 0.211 e. The monoisotopic (exact) mass is 268 g/mol. The van der Waals surface area contributed by atoms with Gasteiger partial charge in [0, 0.05) is 10.6 Å². The normalized spacial score (nSPS) is 10.9. The largest absolute Gasteiger partial charge is 0.493 e. The maximum absolute atomic E-state index is 5.92. The van der Waals surface area contributed by atoms with Gasteiger partial charge in [0.1, 0.15) is 5.75 Å². The van der Waals surface area contributed by atoms with Crippen molar-refractivity contribution in [2.24, 2.45) is 27.6 Å². The summed E-state index contributed by atoms with van der Waals surface area (Å²) in [6.07, 6.45) is 1.50. The van der Waals surface area contributed by atoms with Crippen molar-refractivity contribution < 1.29 is 4.74 Å². The first-order valence-corrected chi connectivity index (χ1v) is 5.91. The van der Waals surface area contributed by atoms with Crippen molar-refractivity contribution in [3.05, 3.63) is 28.8 Å². The Balaban J connectivity index is 2.89. The summed E-state index contributed by atoms with van der Waals surface area (Å²) in [6.45, 7) is 4.76. The van der Waals surface area contributed by atoms with Crippen LogP contribution in [0.25, 0.3) is 0 Å². The molecule has 1 aromatic rings. The van der Waals surface area contributed by atoms with Gasteiger partial charge in [0.05, 0.1) is 12.8 Å². The highest BCUT2D eigenvalue weighted by atomic mass is 35.5. The molecule has 0 spiro atoms. The van der Waals surface area contributed by atoms with Crippen molar-refractivity contribution in [3.8, 4) is 5.75 Å². The minimum absolute atomic E-state index is 0.0991. The van der Waals surface area contributed by atoms with Gasteiger partial charge in [-0.1, -0.05) is 25.4 Å². The van der Waals surface area contributed by atoms with E-state index in [1.807, 2.05) is 0 Å². The highest BCUT2D eigenvalue weighted by Gasteiger charge is 2.04. The van der Waals surface area contributed by atoms with E-state index >= 15 is 0 Å². The molecule has 0 amide bonds. The van der Waals surface area contributed by atoms with Crippen molar-refractivity contribution >= 4 is 23.8 Å². The van der Waals surface area contributed by atoms with Crippen LogP contribution in [0, 0.1) is 5.92 Å². The molecule has 98 valence electrons. The van der Waals surface area contributed by atoms with Gasteiger partial charge in [-0.25, -0.2) is 0 Å². The van der Waals surface area contributed by atoms with E-state index in [0.29, 0.717) is 23.3 Å². The van der Waals surface area contributed by atoms with Gasteiger partial charge < -0.3 is 16.2 Å². The molecule has 1 rings (SSSR count). The Kier molecular flexibility index (Phi) is 5.45. The molecule has 0 aliphatic heterocycles. The van der Waals surface area contributed by atoms with E-state index < -0.39 is 0 Å². The third-order valence-electron chi connectivity index (χ3n) is 1.91. The predicted octanol–water partition coefficient (Wildman–Crippen LogP) is 1.98. The Bertz CT molecular complexity index is 453. The molecule has 5 nitrogen and oxygen atoms in total. The van der Waals surface area contributed by atoms with Crippen LogP contribution < -0.4 is 16.2 Å². The van der Waals surface area contributed by atoms with Crippen LogP contribution in [-0.4, -0.2) is 18.8 Å². The van der Waals surface area contributed by atoms with Crippen molar-refractivity contribution in [2.45, 2.75) is 13.8 Å². The third kappa shape index (κ3) is 5.05. The second kappa shape index (κ2) is 6.86. The van der Waals surface area contributed by atoms with Crippen LogP contribution >= 0.6 is 11.6 Å². The number of nitrogens with zero attached hydrogens (tertiary/aromatic N) is 2. The molecule has 0 saturated heterocycles. The molecular formula is C12H17ClN4O. The van der Waals surface area contributed by atoms with Crippen LogP contribution in [0.15, 0.2) is 28.4 Å². The van der Waals surface area contributed by atoms with Gasteiger partial charge in [0.15, 0.2) is 0 Å².